The minimum absolute atomic E-state index is 0.196. The van der Waals surface area contributed by atoms with Crippen LogP contribution in [0, 0.1) is 0 Å². The van der Waals surface area contributed by atoms with Crippen LogP contribution in [-0.2, 0) is 16.0 Å². The fourth-order valence-electron chi connectivity index (χ4n) is 3.55. The van der Waals surface area contributed by atoms with Crippen LogP contribution in [0.5, 0.6) is 0 Å². The van der Waals surface area contributed by atoms with E-state index in [1.165, 1.54) is 6.33 Å². The van der Waals surface area contributed by atoms with Crippen molar-refractivity contribution in [2.24, 2.45) is 0 Å². The van der Waals surface area contributed by atoms with Crippen LogP contribution in [0.2, 0.25) is 0 Å². The number of hydrogen-bond donors (Lipinski definition) is 0. The van der Waals surface area contributed by atoms with Crippen molar-refractivity contribution in [3.8, 4) is 11.4 Å². The normalized spacial score (nSPS) is 20.9. The molecular formula is C18H24N6O3. The average Bonchev–Trinajstić information content (AvgIpc) is 3.40. The Labute approximate surface area is 157 Å². The number of ether oxygens (including phenoxy) is 1. The summed E-state index contributed by atoms with van der Waals surface area (Å²) < 4.78 is 11.2. The van der Waals surface area contributed by atoms with E-state index in [0.717, 1.165) is 38.2 Å². The van der Waals surface area contributed by atoms with Crippen molar-refractivity contribution in [1.82, 2.24) is 29.9 Å². The largest absolute Gasteiger partial charge is 0.369 e. The molecule has 2 fully saturated rings. The van der Waals surface area contributed by atoms with Crippen LogP contribution in [0.1, 0.15) is 37.5 Å². The van der Waals surface area contributed by atoms with Crippen LogP contribution in [0.25, 0.3) is 11.4 Å². The zero-order valence-corrected chi connectivity index (χ0v) is 15.5. The lowest BCUT2D eigenvalue weighted by atomic mass is 10.1. The smallest absolute Gasteiger partial charge is 0.236 e. The van der Waals surface area contributed by atoms with Gasteiger partial charge in [-0.2, -0.15) is 4.98 Å². The van der Waals surface area contributed by atoms with Gasteiger partial charge in [-0.3, -0.25) is 9.69 Å². The van der Waals surface area contributed by atoms with Gasteiger partial charge in [0.1, 0.15) is 12.4 Å². The van der Waals surface area contributed by atoms with E-state index in [1.54, 1.807) is 6.20 Å². The molecule has 0 unspecified atom stereocenters. The molecule has 0 bridgehead atoms. The second-order valence-corrected chi connectivity index (χ2v) is 6.87. The summed E-state index contributed by atoms with van der Waals surface area (Å²) in [5.74, 6) is 1.24. The standard InChI is InChI=1S/C18H24N6O3/c1-2-15-21-18(22-27-15)13-9-19-12-20-17(13)14-10-23(7-8-26-14)11-16(25)24-5-3-4-6-24/h9,12,14H,2-8,10-11H2,1H3/t14-/m0/s1. The van der Waals surface area contributed by atoms with Crippen LogP contribution in [0.4, 0.5) is 0 Å². The number of carbonyl (C=O) groups excluding carboxylic acids is 1. The number of rotatable bonds is 5. The topological polar surface area (TPSA) is 97.5 Å². The highest BCUT2D eigenvalue weighted by Gasteiger charge is 2.29. The van der Waals surface area contributed by atoms with Crippen LogP contribution in [-0.4, -0.2) is 75.1 Å². The Morgan fingerprint density at radius 1 is 1.30 bits per heavy atom. The molecule has 27 heavy (non-hydrogen) atoms. The second kappa shape index (κ2) is 8.10. The highest BCUT2D eigenvalue weighted by molar-refractivity contribution is 5.78. The highest BCUT2D eigenvalue weighted by Crippen LogP contribution is 2.28. The molecule has 0 radical (unpaired) electrons. The van der Waals surface area contributed by atoms with Gasteiger partial charge >= 0.3 is 0 Å². The molecule has 0 aliphatic carbocycles. The van der Waals surface area contributed by atoms with Gasteiger partial charge in [0, 0.05) is 38.8 Å². The Morgan fingerprint density at radius 2 is 2.15 bits per heavy atom. The summed E-state index contributed by atoms with van der Waals surface area (Å²) in [7, 11) is 0. The third-order valence-electron chi connectivity index (χ3n) is 5.03. The molecule has 9 nitrogen and oxygen atoms in total. The van der Waals surface area contributed by atoms with Crippen molar-refractivity contribution < 1.29 is 14.1 Å². The quantitative estimate of drug-likeness (QED) is 0.769. The summed E-state index contributed by atoms with van der Waals surface area (Å²) in [5, 5.41) is 4.04. The zero-order chi connectivity index (χ0) is 18.6. The molecule has 2 aromatic heterocycles. The molecular weight excluding hydrogens is 348 g/mol. The molecule has 0 N–H and O–H groups in total. The van der Waals surface area contributed by atoms with Gasteiger partial charge in [-0.15, -0.1) is 0 Å². The molecule has 0 spiro atoms. The fourth-order valence-corrected chi connectivity index (χ4v) is 3.55. The first kappa shape index (κ1) is 18.0. The monoisotopic (exact) mass is 372 g/mol. The molecule has 0 saturated carbocycles. The molecule has 2 aliphatic rings. The minimum Gasteiger partial charge on any atom is -0.369 e. The Hall–Kier alpha value is -2.39. The number of likely N-dealkylation sites (tertiary alicyclic amines) is 1. The van der Waals surface area contributed by atoms with E-state index in [4.69, 9.17) is 9.26 Å². The number of amides is 1. The summed E-state index contributed by atoms with van der Waals surface area (Å²) in [5.41, 5.74) is 1.44. The van der Waals surface area contributed by atoms with Crippen molar-refractivity contribution in [3.05, 3.63) is 24.1 Å². The first-order valence-corrected chi connectivity index (χ1v) is 9.49. The van der Waals surface area contributed by atoms with Crippen LogP contribution >= 0.6 is 0 Å². The van der Waals surface area contributed by atoms with Crippen LogP contribution in [0.3, 0.4) is 0 Å². The Kier molecular flexibility index (Phi) is 5.40. The lowest BCUT2D eigenvalue weighted by Gasteiger charge is -2.33. The first-order chi connectivity index (χ1) is 13.2. The number of aromatic nitrogens is 4. The Balaban J connectivity index is 1.49. The fraction of sp³-hybridized carbons (Fsp3) is 0.611. The summed E-state index contributed by atoms with van der Waals surface area (Å²) >= 11 is 0. The molecule has 9 heteroatoms. The van der Waals surface area contributed by atoms with E-state index in [-0.39, 0.29) is 12.0 Å². The summed E-state index contributed by atoms with van der Waals surface area (Å²) in [6.45, 7) is 6.01. The van der Waals surface area contributed by atoms with Gasteiger partial charge < -0.3 is 14.2 Å². The first-order valence-electron chi connectivity index (χ1n) is 9.49. The number of hydrogen-bond acceptors (Lipinski definition) is 8. The molecule has 2 saturated heterocycles. The molecule has 144 valence electrons. The molecule has 1 amide bonds. The van der Waals surface area contributed by atoms with Gasteiger partial charge in [0.05, 0.1) is 24.4 Å². The predicted octanol–water partition coefficient (Wildman–Crippen LogP) is 1.08. The molecule has 2 aromatic rings. The number of carbonyl (C=O) groups is 1. The van der Waals surface area contributed by atoms with Crippen LogP contribution in [0.15, 0.2) is 17.0 Å². The number of morpholine rings is 1. The maximum Gasteiger partial charge on any atom is 0.236 e. The lowest BCUT2D eigenvalue weighted by molar-refractivity contribution is -0.133. The molecule has 4 rings (SSSR count). The van der Waals surface area contributed by atoms with E-state index < -0.39 is 0 Å². The SMILES string of the molecule is CCc1nc(-c2cncnc2[C@@H]2CN(CC(=O)N3CCCC3)CCO2)no1. The molecule has 4 heterocycles. The summed E-state index contributed by atoms with van der Waals surface area (Å²) in [6, 6.07) is 0. The van der Waals surface area contributed by atoms with Crippen molar-refractivity contribution in [1.29, 1.82) is 0 Å². The third-order valence-corrected chi connectivity index (χ3v) is 5.03. The van der Waals surface area contributed by atoms with Gasteiger partial charge in [0.25, 0.3) is 0 Å². The maximum absolute atomic E-state index is 12.5. The third kappa shape index (κ3) is 3.98. The van der Waals surface area contributed by atoms with Gasteiger partial charge in [-0.1, -0.05) is 12.1 Å². The van der Waals surface area contributed by atoms with Crippen molar-refractivity contribution in [2.45, 2.75) is 32.3 Å². The average molecular weight is 372 g/mol. The molecule has 1 atom stereocenters. The van der Waals surface area contributed by atoms with Gasteiger partial charge in [-0.25, -0.2) is 9.97 Å². The second-order valence-electron chi connectivity index (χ2n) is 6.87. The zero-order valence-electron chi connectivity index (χ0n) is 15.5. The van der Waals surface area contributed by atoms with Crippen molar-refractivity contribution in [2.75, 3.05) is 39.3 Å². The molecule has 0 aromatic carbocycles. The summed E-state index contributed by atoms with van der Waals surface area (Å²) in [6.07, 6.45) is 5.80. The van der Waals surface area contributed by atoms with Crippen LogP contribution < -0.4 is 0 Å². The van der Waals surface area contributed by atoms with E-state index in [9.17, 15) is 4.79 Å². The number of aryl methyl sites for hydroxylation is 1. The van der Waals surface area contributed by atoms with E-state index in [0.29, 0.717) is 43.4 Å². The van der Waals surface area contributed by atoms with Crippen molar-refractivity contribution >= 4 is 5.91 Å². The predicted molar refractivity (Wildman–Crippen MR) is 95.6 cm³/mol. The van der Waals surface area contributed by atoms with Crippen molar-refractivity contribution in [3.63, 3.8) is 0 Å². The van der Waals surface area contributed by atoms with E-state index in [2.05, 4.69) is 25.0 Å². The van der Waals surface area contributed by atoms with Gasteiger partial charge in [0.15, 0.2) is 0 Å². The van der Waals surface area contributed by atoms with E-state index in [1.807, 2.05) is 11.8 Å². The summed E-state index contributed by atoms with van der Waals surface area (Å²) in [4.78, 5) is 29.5. The molecule has 2 aliphatic heterocycles. The van der Waals surface area contributed by atoms with Gasteiger partial charge in [-0.05, 0) is 12.8 Å². The lowest BCUT2D eigenvalue weighted by Crippen LogP contribution is -2.45. The highest BCUT2D eigenvalue weighted by atomic mass is 16.5. The number of nitrogens with zero attached hydrogens (tertiary/aromatic N) is 6. The van der Waals surface area contributed by atoms with Gasteiger partial charge in [0.2, 0.25) is 17.6 Å². The Morgan fingerprint density at radius 3 is 2.93 bits per heavy atom. The Bertz CT molecular complexity index is 789. The van der Waals surface area contributed by atoms with E-state index >= 15 is 0 Å². The minimum atomic E-state index is -0.258. The maximum atomic E-state index is 12.5.